The third-order valence-corrected chi connectivity index (χ3v) is 3.10. The van der Waals surface area contributed by atoms with Gasteiger partial charge in [-0.1, -0.05) is 12.1 Å². The van der Waals surface area contributed by atoms with Gasteiger partial charge in [-0.2, -0.15) is 4.98 Å². The van der Waals surface area contributed by atoms with Gasteiger partial charge in [0.1, 0.15) is 6.04 Å². The molecule has 112 valence electrons. The first-order chi connectivity index (χ1) is 9.45. The van der Waals surface area contributed by atoms with Crippen LogP contribution in [0.25, 0.3) is 0 Å². The minimum absolute atomic E-state index is 0.201. The molecule has 0 spiro atoms. The van der Waals surface area contributed by atoms with Gasteiger partial charge in [0.05, 0.1) is 0 Å². The number of aryl methyl sites for hydroxylation is 2. The average molecular weight is 283 g/mol. The summed E-state index contributed by atoms with van der Waals surface area (Å²) in [5.41, 5.74) is 0. The topological polar surface area (TPSA) is 96.5 Å². The molecule has 1 atom stereocenters. The third kappa shape index (κ3) is 4.64. The lowest BCUT2D eigenvalue weighted by Gasteiger charge is -2.21. The number of likely N-dealkylation sites (N-methyl/N-ethyl adjacent to an activating group) is 1. The number of carboxylic acids is 1. The van der Waals surface area contributed by atoms with Crippen molar-refractivity contribution in [3.05, 3.63) is 11.7 Å². The summed E-state index contributed by atoms with van der Waals surface area (Å²) >= 11 is 0. The van der Waals surface area contributed by atoms with Crippen LogP contribution in [-0.4, -0.2) is 45.1 Å². The minimum atomic E-state index is -1.01. The Labute approximate surface area is 118 Å². The monoisotopic (exact) mass is 283 g/mol. The molecule has 1 aromatic heterocycles. The van der Waals surface area contributed by atoms with E-state index >= 15 is 0 Å². The van der Waals surface area contributed by atoms with E-state index in [0.717, 1.165) is 12.8 Å². The number of amides is 1. The number of carbonyl (C=O) groups is 2. The Kier molecular flexibility index (Phi) is 6.14. The lowest BCUT2D eigenvalue weighted by molar-refractivity contribution is -0.148. The highest BCUT2D eigenvalue weighted by molar-refractivity contribution is 5.83. The number of hydrogen-bond acceptors (Lipinski definition) is 5. The van der Waals surface area contributed by atoms with Gasteiger partial charge in [0.25, 0.3) is 0 Å². The second-order valence-electron chi connectivity index (χ2n) is 4.73. The van der Waals surface area contributed by atoms with Crippen LogP contribution in [-0.2, 0) is 22.4 Å². The van der Waals surface area contributed by atoms with Crippen LogP contribution in [0.4, 0.5) is 0 Å². The van der Waals surface area contributed by atoms with Crippen molar-refractivity contribution in [3.8, 4) is 0 Å². The Morgan fingerprint density at radius 1 is 1.40 bits per heavy atom. The van der Waals surface area contributed by atoms with Gasteiger partial charge in [0.15, 0.2) is 5.82 Å². The number of aliphatic carboxylic acids is 1. The van der Waals surface area contributed by atoms with Crippen LogP contribution < -0.4 is 0 Å². The number of aromatic nitrogens is 2. The zero-order valence-electron chi connectivity index (χ0n) is 12.1. The second kappa shape index (κ2) is 7.62. The molecule has 7 nitrogen and oxygen atoms in total. The van der Waals surface area contributed by atoms with Crippen molar-refractivity contribution >= 4 is 11.9 Å². The number of rotatable bonds is 8. The predicted octanol–water partition coefficient (Wildman–Crippen LogP) is 1.28. The van der Waals surface area contributed by atoms with E-state index in [4.69, 9.17) is 9.63 Å². The highest BCUT2D eigenvalue weighted by Crippen LogP contribution is 2.07. The molecule has 0 aliphatic carbocycles. The molecule has 20 heavy (non-hydrogen) atoms. The van der Waals surface area contributed by atoms with Crippen molar-refractivity contribution in [2.24, 2.45) is 0 Å². The van der Waals surface area contributed by atoms with E-state index in [2.05, 4.69) is 10.1 Å². The quantitative estimate of drug-likeness (QED) is 0.772. The molecule has 0 aromatic carbocycles. The van der Waals surface area contributed by atoms with Crippen LogP contribution in [0.1, 0.15) is 44.8 Å². The molecule has 1 heterocycles. The van der Waals surface area contributed by atoms with Gasteiger partial charge in [0.2, 0.25) is 11.8 Å². The van der Waals surface area contributed by atoms with Crippen LogP contribution in [0.2, 0.25) is 0 Å². The molecule has 1 unspecified atom stereocenters. The fourth-order valence-electron chi connectivity index (χ4n) is 1.67. The maximum Gasteiger partial charge on any atom is 0.326 e. The Morgan fingerprint density at radius 2 is 2.10 bits per heavy atom. The van der Waals surface area contributed by atoms with E-state index in [1.807, 2.05) is 6.92 Å². The smallest absolute Gasteiger partial charge is 0.326 e. The summed E-state index contributed by atoms with van der Waals surface area (Å²) in [4.78, 5) is 28.0. The molecule has 0 fully saturated rings. The first-order valence-electron chi connectivity index (χ1n) is 6.75. The molecule has 0 saturated carbocycles. The summed E-state index contributed by atoms with van der Waals surface area (Å²) in [5, 5.41) is 12.7. The molecule has 1 N–H and O–H groups in total. The highest BCUT2D eigenvalue weighted by atomic mass is 16.5. The van der Waals surface area contributed by atoms with Crippen molar-refractivity contribution in [1.29, 1.82) is 0 Å². The minimum Gasteiger partial charge on any atom is -0.480 e. The summed E-state index contributed by atoms with van der Waals surface area (Å²) in [6.07, 6.45) is 3.08. The Bertz CT molecular complexity index is 458. The van der Waals surface area contributed by atoms with Crippen molar-refractivity contribution in [2.75, 3.05) is 7.05 Å². The first-order valence-corrected chi connectivity index (χ1v) is 6.75. The van der Waals surface area contributed by atoms with E-state index in [0.29, 0.717) is 24.6 Å². The zero-order valence-corrected chi connectivity index (χ0v) is 12.1. The summed E-state index contributed by atoms with van der Waals surface area (Å²) in [7, 11) is 1.49. The predicted molar refractivity (Wildman–Crippen MR) is 71.1 cm³/mol. The number of nitrogens with zero attached hydrogens (tertiary/aromatic N) is 3. The number of carboxylic acid groups (broad SMARTS) is 1. The number of carbonyl (C=O) groups excluding carboxylic acids is 1. The fourth-order valence-corrected chi connectivity index (χ4v) is 1.67. The van der Waals surface area contributed by atoms with E-state index in [1.165, 1.54) is 18.9 Å². The molecule has 0 radical (unpaired) electrons. The number of hydrogen-bond donors (Lipinski definition) is 1. The van der Waals surface area contributed by atoms with Gasteiger partial charge in [-0.3, -0.25) is 4.79 Å². The van der Waals surface area contributed by atoms with Crippen LogP contribution >= 0.6 is 0 Å². The van der Waals surface area contributed by atoms with Gasteiger partial charge < -0.3 is 14.5 Å². The highest BCUT2D eigenvalue weighted by Gasteiger charge is 2.21. The SMILES string of the molecule is CCCc1noc(CCCC(=O)N(C)C(C)C(=O)O)n1. The summed E-state index contributed by atoms with van der Waals surface area (Å²) in [6.45, 7) is 3.52. The van der Waals surface area contributed by atoms with E-state index in [9.17, 15) is 9.59 Å². The van der Waals surface area contributed by atoms with Crippen molar-refractivity contribution in [2.45, 2.75) is 52.0 Å². The lowest BCUT2D eigenvalue weighted by atomic mass is 10.2. The molecular weight excluding hydrogens is 262 g/mol. The Balaban J connectivity index is 2.35. The molecule has 1 rings (SSSR count). The third-order valence-electron chi connectivity index (χ3n) is 3.10. The standard InChI is InChI=1S/C13H21N3O4/c1-4-6-10-14-11(20-15-10)7-5-8-12(17)16(3)9(2)13(18)19/h9H,4-8H2,1-3H3,(H,18,19). The van der Waals surface area contributed by atoms with Gasteiger partial charge in [-0.05, 0) is 19.8 Å². The molecule has 0 bridgehead atoms. The normalized spacial score (nSPS) is 12.2. The molecular formula is C13H21N3O4. The maximum atomic E-state index is 11.8. The molecule has 1 amide bonds. The largest absolute Gasteiger partial charge is 0.480 e. The second-order valence-corrected chi connectivity index (χ2v) is 4.73. The van der Waals surface area contributed by atoms with Crippen molar-refractivity contribution in [3.63, 3.8) is 0 Å². The average Bonchev–Trinajstić information content (AvgIpc) is 2.85. The van der Waals surface area contributed by atoms with Crippen LogP contribution in [0, 0.1) is 0 Å². The molecule has 0 aliphatic heterocycles. The maximum absolute atomic E-state index is 11.8. The molecule has 0 aliphatic rings. The van der Waals surface area contributed by atoms with Crippen molar-refractivity contribution < 1.29 is 19.2 Å². The van der Waals surface area contributed by atoms with E-state index in [-0.39, 0.29) is 12.3 Å². The molecule has 7 heteroatoms. The van der Waals surface area contributed by atoms with Gasteiger partial charge in [0, 0.05) is 26.3 Å². The summed E-state index contributed by atoms with van der Waals surface area (Å²) in [5.74, 6) is -0.00390. The van der Waals surface area contributed by atoms with Crippen molar-refractivity contribution in [1.82, 2.24) is 15.0 Å². The zero-order chi connectivity index (χ0) is 15.1. The first kappa shape index (κ1) is 16.1. The molecule has 1 aromatic rings. The lowest BCUT2D eigenvalue weighted by Crippen LogP contribution is -2.40. The van der Waals surface area contributed by atoms with Crippen LogP contribution in [0.3, 0.4) is 0 Å². The van der Waals surface area contributed by atoms with Gasteiger partial charge in [-0.25, -0.2) is 4.79 Å². The summed E-state index contributed by atoms with van der Waals surface area (Å²) in [6, 6.07) is -0.818. The van der Waals surface area contributed by atoms with Crippen LogP contribution in [0.15, 0.2) is 4.52 Å². The van der Waals surface area contributed by atoms with Gasteiger partial charge >= 0.3 is 5.97 Å². The molecule has 0 saturated heterocycles. The van der Waals surface area contributed by atoms with Crippen LogP contribution in [0.5, 0.6) is 0 Å². The fraction of sp³-hybridized carbons (Fsp3) is 0.692. The van der Waals surface area contributed by atoms with E-state index < -0.39 is 12.0 Å². The van der Waals surface area contributed by atoms with E-state index in [1.54, 1.807) is 0 Å². The Morgan fingerprint density at radius 3 is 2.70 bits per heavy atom. The van der Waals surface area contributed by atoms with Gasteiger partial charge in [-0.15, -0.1) is 0 Å². The summed E-state index contributed by atoms with van der Waals surface area (Å²) < 4.78 is 5.07. The Hall–Kier alpha value is -1.92.